The fourth-order valence-corrected chi connectivity index (χ4v) is 3.94. The van der Waals surface area contributed by atoms with Crippen molar-refractivity contribution in [2.45, 2.75) is 13.3 Å². The molecule has 0 unspecified atom stereocenters. The summed E-state index contributed by atoms with van der Waals surface area (Å²) in [7, 11) is 0. The molecule has 142 valence electrons. The molecule has 3 aromatic rings. The van der Waals surface area contributed by atoms with Gasteiger partial charge in [0.2, 0.25) is 5.95 Å². The third-order valence-electron chi connectivity index (χ3n) is 5.36. The average Bonchev–Trinajstić information content (AvgIpc) is 3.18. The highest BCUT2D eigenvalue weighted by atomic mass is 16.5. The van der Waals surface area contributed by atoms with E-state index in [-0.39, 0.29) is 0 Å². The SMILES string of the molecule is Cc1cccc(-c2nc(N3CCOCC3)nc3c2CCN3c2cccnc2)c1. The van der Waals surface area contributed by atoms with E-state index in [1.807, 2.05) is 12.3 Å². The first-order chi connectivity index (χ1) is 13.8. The highest BCUT2D eigenvalue weighted by Gasteiger charge is 2.29. The second-order valence-corrected chi connectivity index (χ2v) is 7.26. The van der Waals surface area contributed by atoms with Gasteiger partial charge in [0.15, 0.2) is 0 Å². The van der Waals surface area contributed by atoms with Crippen molar-refractivity contribution in [1.29, 1.82) is 0 Å². The van der Waals surface area contributed by atoms with E-state index in [1.54, 1.807) is 6.20 Å². The number of pyridine rings is 1. The highest BCUT2D eigenvalue weighted by Crippen LogP contribution is 2.39. The van der Waals surface area contributed by atoms with Gasteiger partial charge in [-0.25, -0.2) is 4.98 Å². The van der Waals surface area contributed by atoms with E-state index < -0.39 is 0 Å². The summed E-state index contributed by atoms with van der Waals surface area (Å²) in [6.07, 6.45) is 4.63. The molecule has 0 atom stereocenters. The lowest BCUT2D eigenvalue weighted by molar-refractivity contribution is 0.122. The maximum absolute atomic E-state index is 5.52. The standard InChI is InChI=1S/C22H23N5O/c1-16-4-2-5-17(14-16)20-19-7-9-27(18-6-3-8-23-15-18)21(19)25-22(24-20)26-10-12-28-13-11-26/h2-6,8,14-15H,7,9-13H2,1H3. The zero-order valence-corrected chi connectivity index (χ0v) is 16.0. The summed E-state index contributed by atoms with van der Waals surface area (Å²) in [5.41, 5.74) is 5.72. The molecule has 2 aliphatic heterocycles. The minimum atomic E-state index is 0.715. The van der Waals surface area contributed by atoms with Crippen LogP contribution in [-0.4, -0.2) is 47.8 Å². The van der Waals surface area contributed by atoms with Crippen molar-refractivity contribution in [3.05, 3.63) is 59.9 Å². The van der Waals surface area contributed by atoms with Crippen LogP contribution in [0, 0.1) is 6.92 Å². The molecule has 0 aliphatic carbocycles. The molecule has 0 radical (unpaired) electrons. The number of benzene rings is 1. The Labute approximate surface area is 164 Å². The van der Waals surface area contributed by atoms with Crippen molar-refractivity contribution in [2.24, 2.45) is 0 Å². The molecular formula is C22H23N5O. The number of hydrogen-bond acceptors (Lipinski definition) is 6. The molecule has 0 spiro atoms. The number of nitrogens with zero attached hydrogens (tertiary/aromatic N) is 5. The van der Waals surface area contributed by atoms with Crippen LogP contribution in [0.3, 0.4) is 0 Å². The molecule has 1 saturated heterocycles. The van der Waals surface area contributed by atoms with Crippen LogP contribution < -0.4 is 9.80 Å². The van der Waals surface area contributed by atoms with E-state index in [0.29, 0.717) is 13.2 Å². The molecule has 5 rings (SSSR count). The molecule has 1 aromatic carbocycles. The zero-order valence-electron chi connectivity index (χ0n) is 16.0. The number of hydrogen-bond donors (Lipinski definition) is 0. The van der Waals surface area contributed by atoms with Crippen LogP contribution in [0.1, 0.15) is 11.1 Å². The lowest BCUT2D eigenvalue weighted by Crippen LogP contribution is -2.37. The quantitative estimate of drug-likeness (QED) is 0.702. The van der Waals surface area contributed by atoms with E-state index in [4.69, 9.17) is 14.7 Å². The van der Waals surface area contributed by atoms with E-state index >= 15 is 0 Å². The van der Waals surface area contributed by atoms with Gasteiger partial charge in [-0.15, -0.1) is 0 Å². The van der Waals surface area contributed by atoms with Gasteiger partial charge in [-0.05, 0) is 31.5 Å². The first kappa shape index (κ1) is 17.1. The van der Waals surface area contributed by atoms with Crippen molar-refractivity contribution in [2.75, 3.05) is 42.6 Å². The number of morpholine rings is 1. The van der Waals surface area contributed by atoms with Crippen LogP contribution >= 0.6 is 0 Å². The first-order valence-corrected chi connectivity index (χ1v) is 9.78. The molecule has 28 heavy (non-hydrogen) atoms. The molecular weight excluding hydrogens is 350 g/mol. The summed E-state index contributed by atoms with van der Waals surface area (Å²) in [5.74, 6) is 1.79. The predicted molar refractivity (Wildman–Crippen MR) is 110 cm³/mol. The minimum Gasteiger partial charge on any atom is -0.378 e. The maximum Gasteiger partial charge on any atom is 0.228 e. The Morgan fingerprint density at radius 3 is 2.68 bits per heavy atom. The van der Waals surface area contributed by atoms with Crippen LogP contribution in [-0.2, 0) is 11.2 Å². The Hall–Kier alpha value is -2.99. The van der Waals surface area contributed by atoms with Crippen molar-refractivity contribution in [3.63, 3.8) is 0 Å². The number of aromatic nitrogens is 3. The largest absolute Gasteiger partial charge is 0.378 e. The molecule has 0 saturated carbocycles. The Morgan fingerprint density at radius 2 is 1.89 bits per heavy atom. The van der Waals surface area contributed by atoms with Gasteiger partial charge in [-0.2, -0.15) is 4.98 Å². The summed E-state index contributed by atoms with van der Waals surface area (Å²) < 4.78 is 5.52. The van der Waals surface area contributed by atoms with Crippen molar-refractivity contribution < 1.29 is 4.74 Å². The van der Waals surface area contributed by atoms with Gasteiger partial charge in [-0.1, -0.05) is 23.8 Å². The molecule has 2 aromatic heterocycles. The smallest absolute Gasteiger partial charge is 0.228 e. The summed E-state index contributed by atoms with van der Waals surface area (Å²) in [5, 5.41) is 0. The average molecular weight is 373 g/mol. The van der Waals surface area contributed by atoms with Gasteiger partial charge in [0.05, 0.1) is 30.8 Å². The molecule has 1 fully saturated rings. The van der Waals surface area contributed by atoms with Gasteiger partial charge >= 0.3 is 0 Å². The number of ether oxygens (including phenoxy) is 1. The van der Waals surface area contributed by atoms with Crippen molar-refractivity contribution in [3.8, 4) is 11.3 Å². The van der Waals surface area contributed by atoms with Crippen LogP contribution in [0.25, 0.3) is 11.3 Å². The van der Waals surface area contributed by atoms with E-state index in [1.165, 1.54) is 11.1 Å². The zero-order chi connectivity index (χ0) is 18.9. The molecule has 6 nitrogen and oxygen atoms in total. The Morgan fingerprint density at radius 1 is 1.00 bits per heavy atom. The van der Waals surface area contributed by atoms with E-state index in [2.05, 4.69) is 52.0 Å². The van der Waals surface area contributed by atoms with Crippen molar-refractivity contribution >= 4 is 17.5 Å². The lowest BCUT2D eigenvalue weighted by Gasteiger charge is -2.28. The predicted octanol–water partition coefficient (Wildman–Crippen LogP) is 3.38. The third-order valence-corrected chi connectivity index (χ3v) is 5.36. The lowest BCUT2D eigenvalue weighted by atomic mass is 10.0. The number of aryl methyl sites for hydroxylation is 1. The third kappa shape index (κ3) is 3.10. The van der Waals surface area contributed by atoms with E-state index in [0.717, 1.165) is 54.8 Å². The molecule has 6 heteroatoms. The van der Waals surface area contributed by atoms with Crippen LogP contribution in [0.15, 0.2) is 48.8 Å². The summed E-state index contributed by atoms with van der Waals surface area (Å²) in [6.45, 7) is 6.08. The highest BCUT2D eigenvalue weighted by molar-refractivity contribution is 5.77. The number of rotatable bonds is 3. The molecule has 0 amide bonds. The number of anilines is 3. The van der Waals surface area contributed by atoms with Gasteiger partial charge in [-0.3, -0.25) is 4.98 Å². The second kappa shape index (κ2) is 7.20. The Kier molecular flexibility index (Phi) is 4.41. The summed E-state index contributed by atoms with van der Waals surface area (Å²) in [6, 6.07) is 12.6. The molecule has 2 aliphatic rings. The van der Waals surface area contributed by atoms with Crippen LogP contribution in [0.4, 0.5) is 17.5 Å². The Balaban J connectivity index is 1.66. The second-order valence-electron chi connectivity index (χ2n) is 7.26. The van der Waals surface area contributed by atoms with Gasteiger partial charge in [0.1, 0.15) is 5.82 Å². The fraction of sp³-hybridized carbons (Fsp3) is 0.318. The van der Waals surface area contributed by atoms with Crippen molar-refractivity contribution in [1.82, 2.24) is 15.0 Å². The van der Waals surface area contributed by atoms with E-state index in [9.17, 15) is 0 Å². The minimum absolute atomic E-state index is 0.715. The Bertz CT molecular complexity index is 985. The topological polar surface area (TPSA) is 54.4 Å². The van der Waals surface area contributed by atoms with Gasteiger partial charge in [0, 0.05) is 37.0 Å². The van der Waals surface area contributed by atoms with Gasteiger partial charge in [0.25, 0.3) is 0 Å². The molecule has 4 heterocycles. The molecule has 0 bridgehead atoms. The molecule has 0 N–H and O–H groups in total. The number of fused-ring (bicyclic) bond motifs is 1. The summed E-state index contributed by atoms with van der Waals surface area (Å²) >= 11 is 0. The monoisotopic (exact) mass is 373 g/mol. The first-order valence-electron chi connectivity index (χ1n) is 9.78. The fourth-order valence-electron chi connectivity index (χ4n) is 3.94. The van der Waals surface area contributed by atoms with Crippen LogP contribution in [0.2, 0.25) is 0 Å². The summed E-state index contributed by atoms with van der Waals surface area (Å²) in [4.78, 5) is 18.8. The van der Waals surface area contributed by atoms with Gasteiger partial charge < -0.3 is 14.5 Å². The maximum atomic E-state index is 5.52. The normalized spacial score (nSPS) is 16.3. The van der Waals surface area contributed by atoms with Crippen LogP contribution in [0.5, 0.6) is 0 Å².